The van der Waals surface area contributed by atoms with E-state index in [1.807, 2.05) is 36.4 Å². The van der Waals surface area contributed by atoms with Crippen LogP contribution in [0.3, 0.4) is 0 Å². The van der Waals surface area contributed by atoms with Crippen molar-refractivity contribution in [3.63, 3.8) is 0 Å². The summed E-state index contributed by atoms with van der Waals surface area (Å²) < 4.78 is 20.0. The standard InChI is InChI=1S/C26H30FN3O3/c1-33-25(31)29-14-6-12-26(32,20-8-5-13-28-17-20)21-9-4-10-22(27)24(21)19-15-18-7-2-3-11-23(18)30-16-19/h2-4,7,9-11,15-16,20,28,32H,5-6,8,12-14,17H2,1H3,(H,29,31). The number of piperidine rings is 1. The summed E-state index contributed by atoms with van der Waals surface area (Å²) in [6.45, 7) is 1.91. The monoisotopic (exact) mass is 451 g/mol. The first-order chi connectivity index (χ1) is 16.0. The lowest BCUT2D eigenvalue weighted by atomic mass is 9.72. The van der Waals surface area contributed by atoms with Crippen LogP contribution in [0.4, 0.5) is 9.18 Å². The molecule has 7 heteroatoms. The molecule has 4 rings (SSSR count). The third kappa shape index (κ3) is 4.99. The van der Waals surface area contributed by atoms with E-state index in [9.17, 15) is 9.90 Å². The zero-order valence-electron chi connectivity index (χ0n) is 18.8. The number of fused-ring (bicyclic) bond motifs is 1. The van der Waals surface area contributed by atoms with Gasteiger partial charge in [-0.2, -0.15) is 0 Å². The average molecular weight is 452 g/mol. The van der Waals surface area contributed by atoms with Crippen LogP contribution < -0.4 is 10.6 Å². The maximum absolute atomic E-state index is 15.3. The molecule has 2 aromatic carbocycles. The van der Waals surface area contributed by atoms with Crippen molar-refractivity contribution in [2.45, 2.75) is 31.3 Å². The van der Waals surface area contributed by atoms with Crippen LogP contribution in [0.2, 0.25) is 0 Å². The second-order valence-corrected chi connectivity index (χ2v) is 8.57. The number of pyridine rings is 1. The molecular formula is C26H30FN3O3. The van der Waals surface area contributed by atoms with Crippen molar-refractivity contribution in [2.24, 2.45) is 5.92 Å². The van der Waals surface area contributed by atoms with Gasteiger partial charge < -0.3 is 20.5 Å². The SMILES string of the molecule is COC(=O)NCCCC(O)(c1cccc(F)c1-c1cnc2ccccc2c1)C1CCCNC1. The third-order valence-corrected chi connectivity index (χ3v) is 6.52. The second kappa shape index (κ2) is 10.3. The number of hydrogen-bond donors (Lipinski definition) is 3. The Hall–Kier alpha value is -3.03. The number of para-hydroxylation sites is 1. The number of alkyl carbamates (subject to hydrolysis) is 1. The predicted molar refractivity (Wildman–Crippen MR) is 126 cm³/mol. The summed E-state index contributed by atoms with van der Waals surface area (Å²) in [5, 5.41) is 19.1. The first-order valence-corrected chi connectivity index (χ1v) is 11.4. The molecule has 0 saturated carbocycles. The van der Waals surface area contributed by atoms with E-state index >= 15 is 4.39 Å². The Kier molecular flexibility index (Phi) is 7.20. The molecule has 1 aliphatic rings. The number of benzene rings is 2. The van der Waals surface area contributed by atoms with Gasteiger partial charge in [-0.25, -0.2) is 9.18 Å². The topological polar surface area (TPSA) is 83.5 Å². The second-order valence-electron chi connectivity index (χ2n) is 8.57. The molecule has 0 radical (unpaired) electrons. The Morgan fingerprint density at radius 1 is 1.30 bits per heavy atom. The van der Waals surface area contributed by atoms with E-state index in [1.165, 1.54) is 13.2 Å². The van der Waals surface area contributed by atoms with Gasteiger partial charge in [-0.15, -0.1) is 0 Å². The van der Waals surface area contributed by atoms with Crippen molar-refractivity contribution in [2.75, 3.05) is 26.7 Å². The average Bonchev–Trinajstić information content (AvgIpc) is 2.86. The molecule has 2 atom stereocenters. The van der Waals surface area contributed by atoms with Crippen LogP contribution in [0.5, 0.6) is 0 Å². The smallest absolute Gasteiger partial charge is 0.406 e. The lowest BCUT2D eigenvalue weighted by Crippen LogP contribution is -2.45. The van der Waals surface area contributed by atoms with E-state index in [0.29, 0.717) is 42.6 Å². The van der Waals surface area contributed by atoms with Gasteiger partial charge >= 0.3 is 6.09 Å². The normalized spacial score (nSPS) is 18.0. The number of nitrogens with one attached hydrogen (secondary N) is 2. The van der Waals surface area contributed by atoms with Crippen LogP contribution in [0.15, 0.2) is 54.7 Å². The predicted octanol–water partition coefficient (Wildman–Crippen LogP) is 4.36. The number of amides is 1. The van der Waals surface area contributed by atoms with Crippen LogP contribution in [-0.2, 0) is 10.3 Å². The van der Waals surface area contributed by atoms with E-state index < -0.39 is 11.7 Å². The van der Waals surface area contributed by atoms with Gasteiger partial charge in [0.25, 0.3) is 0 Å². The number of hydrogen-bond acceptors (Lipinski definition) is 5. The quantitative estimate of drug-likeness (QED) is 0.465. The highest BCUT2D eigenvalue weighted by molar-refractivity contribution is 5.84. The van der Waals surface area contributed by atoms with Crippen molar-refractivity contribution in [1.29, 1.82) is 0 Å². The number of aromatic nitrogens is 1. The summed E-state index contributed by atoms with van der Waals surface area (Å²) in [7, 11) is 1.32. The molecule has 1 aliphatic heterocycles. The summed E-state index contributed by atoms with van der Waals surface area (Å²) in [5.74, 6) is -0.474. The van der Waals surface area contributed by atoms with Crippen molar-refractivity contribution in [1.82, 2.24) is 15.6 Å². The fraction of sp³-hybridized carbons (Fsp3) is 0.385. The molecule has 0 aliphatic carbocycles. The fourth-order valence-corrected chi connectivity index (χ4v) is 4.82. The number of carbonyl (C=O) groups excluding carboxylic acids is 1. The first-order valence-electron chi connectivity index (χ1n) is 11.4. The fourth-order valence-electron chi connectivity index (χ4n) is 4.82. The van der Waals surface area contributed by atoms with Crippen molar-refractivity contribution < 1.29 is 19.0 Å². The van der Waals surface area contributed by atoms with Gasteiger partial charge in [0.2, 0.25) is 0 Å². The number of rotatable bonds is 7. The van der Waals surface area contributed by atoms with E-state index in [0.717, 1.165) is 30.3 Å². The third-order valence-electron chi connectivity index (χ3n) is 6.52. The molecule has 1 saturated heterocycles. The minimum absolute atomic E-state index is 0.0849. The molecule has 1 amide bonds. The molecule has 3 aromatic rings. The molecule has 1 aromatic heterocycles. The molecule has 3 N–H and O–H groups in total. The minimum atomic E-state index is -1.27. The highest BCUT2D eigenvalue weighted by Gasteiger charge is 2.40. The Bertz CT molecular complexity index is 1120. The number of methoxy groups -OCH3 is 1. The maximum Gasteiger partial charge on any atom is 0.406 e. The number of nitrogens with zero attached hydrogens (tertiary/aromatic N) is 1. The lowest BCUT2D eigenvalue weighted by Gasteiger charge is -2.40. The van der Waals surface area contributed by atoms with Crippen molar-refractivity contribution in [3.05, 3.63) is 66.1 Å². The number of carbonyl (C=O) groups is 1. The van der Waals surface area contributed by atoms with Gasteiger partial charge in [0, 0.05) is 41.7 Å². The number of ether oxygens (including phenoxy) is 1. The Morgan fingerprint density at radius 3 is 2.94 bits per heavy atom. The molecule has 6 nitrogen and oxygen atoms in total. The van der Waals surface area contributed by atoms with E-state index in [4.69, 9.17) is 0 Å². The van der Waals surface area contributed by atoms with E-state index in [1.54, 1.807) is 12.3 Å². The Morgan fingerprint density at radius 2 is 2.15 bits per heavy atom. The van der Waals surface area contributed by atoms with Crippen molar-refractivity contribution in [3.8, 4) is 11.1 Å². The Labute approximate surface area is 193 Å². The molecule has 2 unspecified atom stereocenters. The summed E-state index contributed by atoms with van der Waals surface area (Å²) in [5.41, 5.74) is 1.14. The summed E-state index contributed by atoms with van der Waals surface area (Å²) in [6.07, 6.45) is 3.83. The molecule has 174 valence electrons. The molecule has 1 fully saturated rings. The van der Waals surface area contributed by atoms with Crippen LogP contribution >= 0.6 is 0 Å². The van der Waals surface area contributed by atoms with Gasteiger partial charge in [0.1, 0.15) is 5.82 Å². The molecule has 0 spiro atoms. The lowest BCUT2D eigenvalue weighted by molar-refractivity contribution is -0.0417. The summed E-state index contributed by atoms with van der Waals surface area (Å²) in [4.78, 5) is 16.0. The van der Waals surface area contributed by atoms with Crippen LogP contribution in [-0.4, -0.2) is 42.9 Å². The van der Waals surface area contributed by atoms with E-state index in [2.05, 4.69) is 20.4 Å². The largest absolute Gasteiger partial charge is 0.453 e. The van der Waals surface area contributed by atoms with Crippen LogP contribution in [0, 0.1) is 11.7 Å². The molecule has 0 bridgehead atoms. The van der Waals surface area contributed by atoms with Gasteiger partial charge in [-0.3, -0.25) is 4.98 Å². The van der Waals surface area contributed by atoms with Gasteiger partial charge in [0.15, 0.2) is 0 Å². The number of aliphatic hydroxyl groups is 1. The van der Waals surface area contributed by atoms with Crippen molar-refractivity contribution >= 4 is 17.0 Å². The molecule has 2 heterocycles. The minimum Gasteiger partial charge on any atom is -0.453 e. The summed E-state index contributed by atoms with van der Waals surface area (Å²) >= 11 is 0. The highest BCUT2D eigenvalue weighted by atomic mass is 19.1. The zero-order chi connectivity index (χ0) is 23.3. The highest BCUT2D eigenvalue weighted by Crippen LogP contribution is 2.43. The van der Waals surface area contributed by atoms with Crippen LogP contribution in [0.25, 0.3) is 22.0 Å². The summed E-state index contributed by atoms with van der Waals surface area (Å²) in [6, 6.07) is 14.5. The zero-order valence-corrected chi connectivity index (χ0v) is 18.8. The van der Waals surface area contributed by atoms with Gasteiger partial charge in [0.05, 0.1) is 18.2 Å². The van der Waals surface area contributed by atoms with Gasteiger partial charge in [-0.1, -0.05) is 30.3 Å². The first kappa shape index (κ1) is 23.1. The maximum atomic E-state index is 15.3. The van der Waals surface area contributed by atoms with Gasteiger partial charge in [-0.05, 0) is 56.0 Å². The Balaban J connectivity index is 1.74. The molecular weight excluding hydrogens is 421 g/mol. The van der Waals surface area contributed by atoms with E-state index in [-0.39, 0.29) is 11.7 Å². The molecule has 33 heavy (non-hydrogen) atoms. The number of halogens is 1. The van der Waals surface area contributed by atoms with Crippen LogP contribution in [0.1, 0.15) is 31.2 Å².